The lowest BCUT2D eigenvalue weighted by atomic mass is 10.1. The van der Waals surface area contributed by atoms with Crippen LogP contribution in [0.1, 0.15) is 30.9 Å². The third-order valence-electron chi connectivity index (χ3n) is 3.05. The molecule has 0 saturated heterocycles. The van der Waals surface area contributed by atoms with E-state index in [1.807, 2.05) is 19.1 Å². The summed E-state index contributed by atoms with van der Waals surface area (Å²) in [6, 6.07) is 8.27. The second-order valence-corrected chi connectivity index (χ2v) is 5.75. The number of oxazole rings is 1. The van der Waals surface area contributed by atoms with Crippen molar-refractivity contribution in [2.75, 3.05) is 5.75 Å². The molecular formula is C16H19NO2S. The summed E-state index contributed by atoms with van der Waals surface area (Å²) in [6.45, 7) is 5.65. The van der Waals surface area contributed by atoms with E-state index in [9.17, 15) is 4.79 Å². The Kier molecular flexibility index (Phi) is 5.01. The summed E-state index contributed by atoms with van der Waals surface area (Å²) in [4.78, 5) is 15.5. The van der Waals surface area contributed by atoms with E-state index < -0.39 is 0 Å². The molecule has 0 aliphatic heterocycles. The molecule has 1 heterocycles. The van der Waals surface area contributed by atoms with Crippen molar-refractivity contribution in [3.8, 4) is 11.5 Å². The minimum atomic E-state index is 0.187. The van der Waals surface area contributed by atoms with Gasteiger partial charge in [0.1, 0.15) is 11.5 Å². The van der Waals surface area contributed by atoms with Gasteiger partial charge in [0, 0.05) is 11.3 Å². The largest absolute Gasteiger partial charge is 0.441 e. The zero-order chi connectivity index (χ0) is 14.5. The highest BCUT2D eigenvalue weighted by Crippen LogP contribution is 2.24. The summed E-state index contributed by atoms with van der Waals surface area (Å²) in [6.07, 6.45) is 1.03. The van der Waals surface area contributed by atoms with Crippen LogP contribution in [0.25, 0.3) is 11.5 Å². The highest BCUT2D eigenvalue weighted by molar-refractivity contribution is 7.99. The number of hydrogen-bond acceptors (Lipinski definition) is 4. The number of aryl methyl sites for hydroxylation is 2. The number of nitrogens with zero attached hydrogens (tertiary/aromatic N) is 1. The summed E-state index contributed by atoms with van der Waals surface area (Å²) >= 11 is 1.57. The van der Waals surface area contributed by atoms with Crippen LogP contribution in [-0.2, 0) is 17.0 Å². The molecule has 0 aliphatic rings. The number of ketones is 1. The molecule has 0 saturated carbocycles. The fourth-order valence-electron chi connectivity index (χ4n) is 1.86. The standard InChI is InChI=1S/C16H19NO2S/c1-4-13-5-7-14(8-6-13)16-17-15(12(3)19-16)10-20-9-11(2)18/h5-8H,4,9-10H2,1-3H3. The Morgan fingerprint density at radius 3 is 2.60 bits per heavy atom. The molecule has 2 rings (SSSR count). The van der Waals surface area contributed by atoms with Crippen LogP contribution in [0.4, 0.5) is 0 Å². The number of rotatable bonds is 6. The topological polar surface area (TPSA) is 43.1 Å². The van der Waals surface area contributed by atoms with E-state index in [1.54, 1.807) is 18.7 Å². The minimum Gasteiger partial charge on any atom is -0.441 e. The van der Waals surface area contributed by atoms with Gasteiger partial charge in [0.15, 0.2) is 0 Å². The van der Waals surface area contributed by atoms with Gasteiger partial charge in [-0.25, -0.2) is 4.98 Å². The Balaban J connectivity index is 2.11. The van der Waals surface area contributed by atoms with Crippen molar-refractivity contribution in [2.24, 2.45) is 0 Å². The SMILES string of the molecule is CCc1ccc(-c2nc(CSCC(C)=O)c(C)o2)cc1. The molecule has 4 heteroatoms. The monoisotopic (exact) mass is 289 g/mol. The predicted molar refractivity (Wildman–Crippen MR) is 82.9 cm³/mol. The molecule has 20 heavy (non-hydrogen) atoms. The zero-order valence-electron chi connectivity index (χ0n) is 12.1. The van der Waals surface area contributed by atoms with E-state index in [2.05, 4.69) is 24.0 Å². The molecular weight excluding hydrogens is 270 g/mol. The highest BCUT2D eigenvalue weighted by atomic mass is 32.2. The summed E-state index contributed by atoms with van der Waals surface area (Å²) < 4.78 is 5.72. The average Bonchev–Trinajstić information content (AvgIpc) is 2.80. The molecule has 0 aliphatic carbocycles. The van der Waals surface area contributed by atoms with E-state index in [1.165, 1.54) is 5.56 Å². The van der Waals surface area contributed by atoms with Crippen molar-refractivity contribution in [1.82, 2.24) is 4.98 Å². The van der Waals surface area contributed by atoms with Crippen molar-refractivity contribution >= 4 is 17.5 Å². The highest BCUT2D eigenvalue weighted by Gasteiger charge is 2.11. The summed E-state index contributed by atoms with van der Waals surface area (Å²) in [7, 11) is 0. The summed E-state index contributed by atoms with van der Waals surface area (Å²) in [5, 5.41) is 0. The number of hydrogen-bond donors (Lipinski definition) is 0. The molecule has 0 amide bonds. The van der Waals surface area contributed by atoms with Crippen molar-refractivity contribution < 1.29 is 9.21 Å². The fraction of sp³-hybridized carbons (Fsp3) is 0.375. The van der Waals surface area contributed by atoms with Gasteiger partial charge in [-0.2, -0.15) is 0 Å². The Morgan fingerprint density at radius 2 is 2.00 bits per heavy atom. The van der Waals surface area contributed by atoms with Crippen LogP contribution in [-0.4, -0.2) is 16.5 Å². The number of carbonyl (C=O) groups is 1. The quantitative estimate of drug-likeness (QED) is 0.805. The third kappa shape index (κ3) is 3.73. The first-order valence-corrected chi connectivity index (χ1v) is 7.88. The molecule has 1 aromatic carbocycles. The first-order valence-electron chi connectivity index (χ1n) is 6.73. The van der Waals surface area contributed by atoms with Gasteiger partial charge in [0.2, 0.25) is 5.89 Å². The second-order valence-electron chi connectivity index (χ2n) is 4.77. The first kappa shape index (κ1) is 14.9. The zero-order valence-corrected chi connectivity index (χ0v) is 12.9. The maximum absolute atomic E-state index is 10.9. The Hall–Kier alpha value is -1.55. The van der Waals surface area contributed by atoms with Crippen molar-refractivity contribution in [2.45, 2.75) is 32.9 Å². The lowest BCUT2D eigenvalue weighted by Gasteiger charge is -1.98. The van der Waals surface area contributed by atoms with E-state index in [0.717, 1.165) is 23.4 Å². The Bertz CT molecular complexity index is 587. The number of Topliss-reactive ketones (excluding diaryl/α,β-unsaturated/α-hetero) is 1. The van der Waals surface area contributed by atoms with E-state index in [-0.39, 0.29) is 5.78 Å². The first-order chi connectivity index (χ1) is 9.60. The van der Waals surface area contributed by atoms with Gasteiger partial charge in [0.25, 0.3) is 0 Å². The van der Waals surface area contributed by atoms with Crippen LogP contribution < -0.4 is 0 Å². The van der Waals surface area contributed by atoms with Gasteiger partial charge in [0.05, 0.1) is 11.4 Å². The Morgan fingerprint density at radius 1 is 1.30 bits per heavy atom. The molecule has 0 spiro atoms. The molecule has 2 aromatic rings. The van der Waals surface area contributed by atoms with Crippen LogP contribution in [0, 0.1) is 6.92 Å². The number of benzene rings is 1. The second kappa shape index (κ2) is 6.75. The van der Waals surface area contributed by atoms with E-state index in [0.29, 0.717) is 17.4 Å². The number of carbonyl (C=O) groups excluding carboxylic acids is 1. The summed E-state index contributed by atoms with van der Waals surface area (Å²) in [5.74, 6) is 2.90. The lowest BCUT2D eigenvalue weighted by molar-refractivity contribution is -0.114. The maximum Gasteiger partial charge on any atom is 0.226 e. The third-order valence-corrected chi connectivity index (χ3v) is 4.13. The van der Waals surface area contributed by atoms with Crippen LogP contribution in [0.5, 0.6) is 0 Å². The molecule has 0 bridgehead atoms. The van der Waals surface area contributed by atoms with E-state index >= 15 is 0 Å². The fourth-order valence-corrected chi connectivity index (χ4v) is 2.71. The molecule has 1 aromatic heterocycles. The predicted octanol–water partition coefficient (Wildman–Crippen LogP) is 4.03. The van der Waals surface area contributed by atoms with Crippen LogP contribution >= 0.6 is 11.8 Å². The van der Waals surface area contributed by atoms with Gasteiger partial charge in [-0.15, -0.1) is 11.8 Å². The van der Waals surface area contributed by atoms with Gasteiger partial charge in [-0.1, -0.05) is 19.1 Å². The molecule has 106 valence electrons. The molecule has 0 radical (unpaired) electrons. The van der Waals surface area contributed by atoms with Crippen LogP contribution in [0.15, 0.2) is 28.7 Å². The van der Waals surface area contributed by atoms with Crippen molar-refractivity contribution in [3.05, 3.63) is 41.3 Å². The normalized spacial score (nSPS) is 10.8. The lowest BCUT2D eigenvalue weighted by Crippen LogP contribution is -1.94. The number of thioether (sulfide) groups is 1. The maximum atomic E-state index is 10.9. The molecule has 0 atom stereocenters. The van der Waals surface area contributed by atoms with Gasteiger partial charge < -0.3 is 4.42 Å². The van der Waals surface area contributed by atoms with E-state index in [4.69, 9.17) is 4.42 Å². The molecule has 3 nitrogen and oxygen atoms in total. The number of aromatic nitrogens is 1. The van der Waals surface area contributed by atoms with Gasteiger partial charge in [-0.05, 0) is 38.0 Å². The Labute approximate surface area is 123 Å². The minimum absolute atomic E-state index is 0.187. The average molecular weight is 289 g/mol. The van der Waals surface area contributed by atoms with Crippen LogP contribution in [0.3, 0.4) is 0 Å². The van der Waals surface area contributed by atoms with Crippen molar-refractivity contribution in [1.29, 1.82) is 0 Å². The molecule has 0 fully saturated rings. The molecule has 0 N–H and O–H groups in total. The smallest absolute Gasteiger partial charge is 0.226 e. The molecule has 0 unspecified atom stereocenters. The van der Waals surface area contributed by atoms with Crippen molar-refractivity contribution in [3.63, 3.8) is 0 Å². The van der Waals surface area contributed by atoms with Gasteiger partial charge >= 0.3 is 0 Å². The van der Waals surface area contributed by atoms with Crippen LogP contribution in [0.2, 0.25) is 0 Å². The van der Waals surface area contributed by atoms with Gasteiger partial charge in [-0.3, -0.25) is 4.79 Å². The summed E-state index contributed by atoms with van der Waals surface area (Å²) in [5.41, 5.74) is 3.22.